The number of primary amides is 1. The molecular formula is C12H17N3O3. The van der Waals surface area contributed by atoms with Gasteiger partial charge in [0.2, 0.25) is 5.91 Å². The molecule has 1 aromatic rings. The summed E-state index contributed by atoms with van der Waals surface area (Å²) in [5, 5.41) is 11.8. The van der Waals surface area contributed by atoms with Crippen molar-refractivity contribution in [2.75, 3.05) is 5.32 Å². The second kappa shape index (κ2) is 6.00. The molecule has 1 rings (SSSR count). The topological polar surface area (TPSA) is 105 Å². The van der Waals surface area contributed by atoms with Gasteiger partial charge in [0.15, 0.2) is 0 Å². The van der Waals surface area contributed by atoms with Crippen molar-refractivity contribution in [3.05, 3.63) is 23.9 Å². The fraction of sp³-hybridized carbons (Fsp3) is 0.417. The summed E-state index contributed by atoms with van der Waals surface area (Å²) in [5.74, 6) is -0.849. The predicted molar refractivity (Wildman–Crippen MR) is 67.3 cm³/mol. The summed E-state index contributed by atoms with van der Waals surface area (Å²) in [6, 6.07) is 2.77. The first-order chi connectivity index (χ1) is 8.40. The maximum atomic E-state index is 11.0. The molecule has 0 bridgehead atoms. The summed E-state index contributed by atoms with van der Waals surface area (Å²) in [4.78, 5) is 25.8. The van der Waals surface area contributed by atoms with E-state index in [1.54, 1.807) is 0 Å². The Morgan fingerprint density at radius 1 is 1.50 bits per heavy atom. The third kappa shape index (κ3) is 4.04. The standard InChI is InChI=1S/C12H17N3O3/c1-7(2)9(6-11(16)17)15-10-5-8(12(13)18)3-4-14-10/h3-5,7,9H,6H2,1-2H3,(H2,13,18)(H,14,15)(H,16,17). The van der Waals surface area contributed by atoms with Crippen LogP contribution in [0.1, 0.15) is 30.6 Å². The molecule has 1 atom stereocenters. The number of carboxylic acid groups (broad SMARTS) is 1. The normalized spacial score (nSPS) is 12.2. The van der Waals surface area contributed by atoms with Crippen LogP contribution in [0.2, 0.25) is 0 Å². The average Bonchev–Trinajstić information content (AvgIpc) is 2.27. The fourth-order valence-corrected chi connectivity index (χ4v) is 1.49. The van der Waals surface area contributed by atoms with Gasteiger partial charge in [0.1, 0.15) is 5.82 Å². The van der Waals surface area contributed by atoms with Crippen molar-refractivity contribution in [1.29, 1.82) is 0 Å². The highest BCUT2D eigenvalue weighted by Gasteiger charge is 2.17. The van der Waals surface area contributed by atoms with Gasteiger partial charge >= 0.3 is 5.97 Å². The van der Waals surface area contributed by atoms with Crippen molar-refractivity contribution >= 4 is 17.7 Å². The number of anilines is 1. The highest BCUT2D eigenvalue weighted by Crippen LogP contribution is 2.14. The Morgan fingerprint density at radius 2 is 2.17 bits per heavy atom. The zero-order chi connectivity index (χ0) is 13.7. The number of carbonyl (C=O) groups is 2. The van der Waals surface area contributed by atoms with Crippen LogP contribution < -0.4 is 11.1 Å². The number of carboxylic acids is 1. The summed E-state index contributed by atoms with van der Waals surface area (Å²) < 4.78 is 0. The Labute approximate surface area is 105 Å². The third-order valence-corrected chi connectivity index (χ3v) is 2.58. The number of pyridine rings is 1. The van der Waals surface area contributed by atoms with E-state index in [0.717, 1.165) is 0 Å². The Bertz CT molecular complexity index is 446. The lowest BCUT2D eigenvalue weighted by molar-refractivity contribution is -0.137. The second-order valence-electron chi connectivity index (χ2n) is 4.39. The number of aromatic nitrogens is 1. The zero-order valence-electron chi connectivity index (χ0n) is 10.4. The molecule has 0 saturated heterocycles. The lowest BCUT2D eigenvalue weighted by Crippen LogP contribution is -2.29. The smallest absolute Gasteiger partial charge is 0.305 e. The van der Waals surface area contributed by atoms with Gasteiger partial charge in [0.05, 0.1) is 6.42 Å². The van der Waals surface area contributed by atoms with Gasteiger partial charge in [-0.2, -0.15) is 0 Å². The molecule has 1 aromatic heterocycles. The van der Waals surface area contributed by atoms with Gasteiger partial charge in [-0.1, -0.05) is 13.8 Å². The molecule has 1 amide bonds. The van der Waals surface area contributed by atoms with Crippen LogP contribution in [0.5, 0.6) is 0 Å². The maximum Gasteiger partial charge on any atom is 0.305 e. The van der Waals surface area contributed by atoms with Gasteiger partial charge in [-0.3, -0.25) is 9.59 Å². The SMILES string of the molecule is CC(C)C(CC(=O)O)Nc1cc(C(N)=O)ccn1. The van der Waals surface area contributed by atoms with E-state index < -0.39 is 11.9 Å². The summed E-state index contributed by atoms with van der Waals surface area (Å²) in [5.41, 5.74) is 5.50. The van der Waals surface area contributed by atoms with Gasteiger partial charge in [-0.05, 0) is 18.1 Å². The molecular weight excluding hydrogens is 234 g/mol. The molecule has 18 heavy (non-hydrogen) atoms. The van der Waals surface area contributed by atoms with Gasteiger partial charge in [-0.15, -0.1) is 0 Å². The van der Waals surface area contributed by atoms with E-state index >= 15 is 0 Å². The second-order valence-corrected chi connectivity index (χ2v) is 4.39. The first-order valence-corrected chi connectivity index (χ1v) is 5.64. The van der Waals surface area contributed by atoms with Crippen molar-refractivity contribution < 1.29 is 14.7 Å². The number of nitrogens with two attached hydrogens (primary N) is 1. The van der Waals surface area contributed by atoms with Crippen LogP contribution in [0.25, 0.3) is 0 Å². The van der Waals surface area contributed by atoms with Crippen LogP contribution in [-0.4, -0.2) is 28.0 Å². The highest BCUT2D eigenvalue weighted by molar-refractivity contribution is 5.93. The van der Waals surface area contributed by atoms with Crippen LogP contribution >= 0.6 is 0 Å². The first kappa shape index (κ1) is 14.0. The monoisotopic (exact) mass is 251 g/mol. The predicted octanol–water partition coefficient (Wildman–Crippen LogP) is 1.09. The number of aliphatic carboxylic acids is 1. The quantitative estimate of drug-likeness (QED) is 0.701. The van der Waals surface area contributed by atoms with Crippen LogP contribution in [-0.2, 0) is 4.79 Å². The van der Waals surface area contributed by atoms with Crippen molar-refractivity contribution in [1.82, 2.24) is 4.98 Å². The van der Waals surface area contributed by atoms with E-state index in [9.17, 15) is 9.59 Å². The van der Waals surface area contributed by atoms with E-state index in [-0.39, 0.29) is 18.4 Å². The Balaban J connectivity index is 2.83. The van der Waals surface area contributed by atoms with E-state index in [1.807, 2.05) is 13.8 Å². The van der Waals surface area contributed by atoms with Crippen LogP contribution in [0.3, 0.4) is 0 Å². The van der Waals surface area contributed by atoms with Crippen LogP contribution in [0.15, 0.2) is 18.3 Å². The summed E-state index contributed by atoms with van der Waals surface area (Å²) in [6.07, 6.45) is 1.45. The molecule has 1 unspecified atom stereocenters. The zero-order valence-corrected chi connectivity index (χ0v) is 10.4. The molecule has 4 N–H and O–H groups in total. The molecule has 0 radical (unpaired) electrons. The first-order valence-electron chi connectivity index (χ1n) is 5.64. The Morgan fingerprint density at radius 3 is 2.67 bits per heavy atom. The summed E-state index contributed by atoms with van der Waals surface area (Å²) >= 11 is 0. The van der Waals surface area contributed by atoms with Gasteiger partial charge in [0, 0.05) is 17.8 Å². The Hall–Kier alpha value is -2.11. The highest BCUT2D eigenvalue weighted by atomic mass is 16.4. The molecule has 0 saturated carbocycles. The van der Waals surface area contributed by atoms with Crippen molar-refractivity contribution in [3.8, 4) is 0 Å². The molecule has 6 heteroatoms. The minimum absolute atomic E-state index is 0.0137. The van der Waals surface area contributed by atoms with E-state index in [4.69, 9.17) is 10.8 Å². The van der Waals surface area contributed by atoms with Gasteiger partial charge in [0.25, 0.3) is 0 Å². The third-order valence-electron chi connectivity index (χ3n) is 2.58. The number of hydrogen-bond donors (Lipinski definition) is 3. The van der Waals surface area contributed by atoms with E-state index in [0.29, 0.717) is 11.4 Å². The van der Waals surface area contributed by atoms with Gasteiger partial charge in [-0.25, -0.2) is 4.98 Å². The maximum absolute atomic E-state index is 11.0. The molecule has 0 aliphatic carbocycles. The minimum atomic E-state index is -0.882. The molecule has 0 fully saturated rings. The fourth-order valence-electron chi connectivity index (χ4n) is 1.49. The molecule has 98 valence electrons. The van der Waals surface area contributed by atoms with E-state index in [2.05, 4.69) is 10.3 Å². The molecule has 0 aliphatic rings. The Kier molecular flexibility index (Phi) is 4.65. The van der Waals surface area contributed by atoms with E-state index in [1.165, 1.54) is 18.3 Å². The van der Waals surface area contributed by atoms with Crippen LogP contribution in [0.4, 0.5) is 5.82 Å². The number of carbonyl (C=O) groups excluding carboxylic acids is 1. The van der Waals surface area contributed by atoms with Crippen molar-refractivity contribution in [2.45, 2.75) is 26.3 Å². The average molecular weight is 251 g/mol. The lowest BCUT2D eigenvalue weighted by Gasteiger charge is -2.21. The van der Waals surface area contributed by atoms with Crippen molar-refractivity contribution in [2.24, 2.45) is 11.7 Å². The molecule has 0 spiro atoms. The van der Waals surface area contributed by atoms with Crippen molar-refractivity contribution in [3.63, 3.8) is 0 Å². The lowest BCUT2D eigenvalue weighted by atomic mass is 10.0. The molecule has 0 aliphatic heterocycles. The number of rotatable bonds is 6. The number of nitrogens with zero attached hydrogens (tertiary/aromatic N) is 1. The molecule has 0 aromatic carbocycles. The molecule has 1 heterocycles. The molecule has 6 nitrogen and oxygen atoms in total. The summed E-state index contributed by atoms with van der Waals surface area (Å²) in [6.45, 7) is 3.83. The van der Waals surface area contributed by atoms with Gasteiger partial charge < -0.3 is 16.2 Å². The number of hydrogen-bond acceptors (Lipinski definition) is 4. The number of amides is 1. The van der Waals surface area contributed by atoms with Crippen LogP contribution in [0, 0.1) is 5.92 Å². The largest absolute Gasteiger partial charge is 0.481 e. The summed E-state index contributed by atoms with van der Waals surface area (Å²) in [7, 11) is 0. The minimum Gasteiger partial charge on any atom is -0.481 e. The number of nitrogens with one attached hydrogen (secondary N) is 1.